The maximum Gasteiger partial charge on any atom is 0.419 e. The summed E-state index contributed by atoms with van der Waals surface area (Å²) in [5, 5.41) is 2.74. The molecule has 106 valence electrons. The van der Waals surface area contributed by atoms with Crippen LogP contribution in [0, 0.1) is 5.82 Å². The molecule has 0 saturated carbocycles. The lowest BCUT2D eigenvalue weighted by atomic mass is 10.0. The van der Waals surface area contributed by atoms with Crippen LogP contribution in [0.1, 0.15) is 22.9 Å². The number of halogens is 4. The monoisotopic (exact) mass is 285 g/mol. The molecule has 0 radical (unpaired) electrons. The lowest BCUT2D eigenvalue weighted by Gasteiger charge is -2.18. The van der Waals surface area contributed by atoms with Gasteiger partial charge in [0, 0.05) is 18.0 Å². The number of benzene rings is 1. The van der Waals surface area contributed by atoms with Gasteiger partial charge in [-0.1, -0.05) is 12.1 Å². The molecular formula is C13H11F4N3. The molecule has 3 nitrogen and oxygen atoms in total. The van der Waals surface area contributed by atoms with Crippen molar-refractivity contribution in [2.24, 2.45) is 0 Å². The molecule has 1 aromatic carbocycles. The molecule has 0 amide bonds. The van der Waals surface area contributed by atoms with Crippen molar-refractivity contribution < 1.29 is 17.6 Å². The Morgan fingerprint density at radius 3 is 2.50 bits per heavy atom. The number of alkyl halides is 3. The zero-order valence-electron chi connectivity index (χ0n) is 10.4. The molecule has 0 fully saturated rings. The zero-order chi connectivity index (χ0) is 14.8. The standard InChI is InChI=1S/C13H11F4N3/c1-18-12(10-7-19-5-6-20-10)8-3-2-4-9(11(8)14)13(15,16)17/h2-7,12,18H,1H3. The van der Waals surface area contributed by atoms with Crippen LogP contribution in [0.3, 0.4) is 0 Å². The number of aromatic nitrogens is 2. The van der Waals surface area contributed by atoms with Crippen molar-refractivity contribution in [2.75, 3.05) is 7.05 Å². The molecule has 1 atom stereocenters. The van der Waals surface area contributed by atoms with Crippen molar-refractivity contribution in [3.63, 3.8) is 0 Å². The Morgan fingerprint density at radius 1 is 1.20 bits per heavy atom. The van der Waals surface area contributed by atoms with Crippen LogP contribution in [0.25, 0.3) is 0 Å². The van der Waals surface area contributed by atoms with Crippen molar-refractivity contribution >= 4 is 0 Å². The highest BCUT2D eigenvalue weighted by molar-refractivity contribution is 5.34. The van der Waals surface area contributed by atoms with Gasteiger partial charge in [0.1, 0.15) is 5.82 Å². The Morgan fingerprint density at radius 2 is 1.95 bits per heavy atom. The van der Waals surface area contributed by atoms with Crippen LogP contribution < -0.4 is 5.32 Å². The molecule has 1 aromatic heterocycles. The first-order chi connectivity index (χ1) is 9.45. The average molecular weight is 285 g/mol. The Hall–Kier alpha value is -2.02. The fourth-order valence-electron chi connectivity index (χ4n) is 1.91. The number of nitrogens with one attached hydrogen (secondary N) is 1. The predicted octanol–water partition coefficient (Wildman–Crippen LogP) is 2.94. The van der Waals surface area contributed by atoms with Gasteiger partial charge in [-0.3, -0.25) is 9.97 Å². The maximum atomic E-state index is 14.1. The molecule has 0 bridgehead atoms. The number of hydrogen-bond donors (Lipinski definition) is 1. The highest BCUT2D eigenvalue weighted by atomic mass is 19.4. The predicted molar refractivity (Wildman–Crippen MR) is 64.3 cm³/mol. The van der Waals surface area contributed by atoms with Gasteiger partial charge in [-0.15, -0.1) is 0 Å². The van der Waals surface area contributed by atoms with E-state index in [0.29, 0.717) is 11.8 Å². The second-order valence-electron chi connectivity index (χ2n) is 4.06. The number of rotatable bonds is 3. The summed E-state index contributed by atoms with van der Waals surface area (Å²) in [6.07, 6.45) is -0.536. The van der Waals surface area contributed by atoms with E-state index in [9.17, 15) is 17.6 Å². The smallest absolute Gasteiger partial charge is 0.308 e. The van der Waals surface area contributed by atoms with Gasteiger partial charge in [0.25, 0.3) is 0 Å². The van der Waals surface area contributed by atoms with E-state index in [-0.39, 0.29) is 5.56 Å². The van der Waals surface area contributed by atoms with E-state index in [1.54, 1.807) is 0 Å². The fourth-order valence-corrected chi connectivity index (χ4v) is 1.91. The highest BCUT2D eigenvalue weighted by Crippen LogP contribution is 2.34. The molecule has 2 rings (SSSR count). The van der Waals surface area contributed by atoms with Gasteiger partial charge >= 0.3 is 6.18 Å². The van der Waals surface area contributed by atoms with Crippen LogP contribution in [-0.2, 0) is 6.18 Å². The molecule has 1 unspecified atom stereocenters. The third-order valence-corrected chi connectivity index (χ3v) is 2.81. The molecule has 1 N–H and O–H groups in total. The molecule has 0 spiro atoms. The minimum atomic E-state index is -4.74. The van der Waals surface area contributed by atoms with Crippen LogP contribution in [0.5, 0.6) is 0 Å². The van der Waals surface area contributed by atoms with Crippen molar-refractivity contribution in [3.05, 3.63) is 59.4 Å². The van der Waals surface area contributed by atoms with E-state index in [4.69, 9.17) is 0 Å². The van der Waals surface area contributed by atoms with Crippen LogP contribution in [0.15, 0.2) is 36.8 Å². The van der Waals surface area contributed by atoms with Gasteiger partial charge in [-0.05, 0) is 13.1 Å². The van der Waals surface area contributed by atoms with Gasteiger partial charge in [0.05, 0.1) is 23.5 Å². The number of nitrogens with zero attached hydrogens (tertiary/aromatic N) is 2. The molecule has 0 aliphatic rings. The summed E-state index contributed by atoms with van der Waals surface area (Å²) in [5.74, 6) is -1.30. The molecule has 0 aliphatic carbocycles. The van der Waals surface area contributed by atoms with Crippen molar-refractivity contribution in [1.29, 1.82) is 0 Å². The molecule has 1 heterocycles. The van der Waals surface area contributed by atoms with Crippen LogP contribution in [0.4, 0.5) is 17.6 Å². The van der Waals surface area contributed by atoms with Crippen molar-refractivity contribution in [3.8, 4) is 0 Å². The van der Waals surface area contributed by atoms with Gasteiger partial charge in [0.2, 0.25) is 0 Å². The largest absolute Gasteiger partial charge is 0.419 e. The summed E-state index contributed by atoms with van der Waals surface area (Å²) in [4.78, 5) is 7.82. The first-order valence-electron chi connectivity index (χ1n) is 5.74. The highest BCUT2D eigenvalue weighted by Gasteiger charge is 2.35. The summed E-state index contributed by atoms with van der Waals surface area (Å²) in [6, 6.07) is 2.37. The first-order valence-corrected chi connectivity index (χ1v) is 5.74. The maximum absolute atomic E-state index is 14.1. The molecule has 0 saturated heterocycles. The Kier molecular flexibility index (Phi) is 3.99. The van der Waals surface area contributed by atoms with E-state index in [0.717, 1.165) is 0 Å². The van der Waals surface area contributed by atoms with Gasteiger partial charge < -0.3 is 5.32 Å². The zero-order valence-corrected chi connectivity index (χ0v) is 10.4. The lowest BCUT2D eigenvalue weighted by Crippen LogP contribution is -2.22. The van der Waals surface area contributed by atoms with Gasteiger partial charge in [-0.25, -0.2) is 4.39 Å². The summed E-state index contributed by atoms with van der Waals surface area (Å²) >= 11 is 0. The minimum absolute atomic E-state index is 0.122. The van der Waals surface area contributed by atoms with E-state index in [2.05, 4.69) is 15.3 Å². The first kappa shape index (κ1) is 14.4. The topological polar surface area (TPSA) is 37.8 Å². The van der Waals surface area contributed by atoms with E-state index >= 15 is 0 Å². The quantitative estimate of drug-likeness (QED) is 0.881. The van der Waals surface area contributed by atoms with Crippen LogP contribution in [-0.4, -0.2) is 17.0 Å². The SMILES string of the molecule is CNC(c1cnccn1)c1cccc(C(F)(F)F)c1F. The molecule has 0 aliphatic heterocycles. The normalized spacial score (nSPS) is 13.2. The minimum Gasteiger partial charge on any atom is -0.308 e. The van der Waals surface area contributed by atoms with Gasteiger partial charge in [-0.2, -0.15) is 13.2 Å². The fraction of sp³-hybridized carbons (Fsp3) is 0.231. The van der Waals surface area contributed by atoms with E-state index < -0.39 is 23.6 Å². The average Bonchev–Trinajstić information content (AvgIpc) is 2.41. The Bertz CT molecular complexity index is 584. The van der Waals surface area contributed by atoms with E-state index in [1.807, 2.05) is 0 Å². The molecule has 7 heteroatoms. The lowest BCUT2D eigenvalue weighted by molar-refractivity contribution is -0.140. The second-order valence-corrected chi connectivity index (χ2v) is 4.06. The third kappa shape index (κ3) is 2.77. The third-order valence-electron chi connectivity index (χ3n) is 2.81. The van der Waals surface area contributed by atoms with Gasteiger partial charge in [0.15, 0.2) is 0 Å². The number of hydrogen-bond acceptors (Lipinski definition) is 3. The second kappa shape index (κ2) is 5.54. The Balaban J connectivity index is 2.52. The van der Waals surface area contributed by atoms with Crippen LogP contribution >= 0.6 is 0 Å². The summed E-state index contributed by atoms with van der Waals surface area (Å²) < 4.78 is 52.2. The summed E-state index contributed by atoms with van der Waals surface area (Å²) in [5.41, 5.74) is -1.07. The summed E-state index contributed by atoms with van der Waals surface area (Å²) in [6.45, 7) is 0. The van der Waals surface area contributed by atoms with Crippen molar-refractivity contribution in [2.45, 2.75) is 12.2 Å². The molecular weight excluding hydrogens is 274 g/mol. The molecule has 2 aromatic rings. The molecule has 20 heavy (non-hydrogen) atoms. The van der Waals surface area contributed by atoms with Crippen LogP contribution in [0.2, 0.25) is 0 Å². The Labute approximate surface area is 112 Å². The summed E-state index contributed by atoms with van der Waals surface area (Å²) in [7, 11) is 1.51. The van der Waals surface area contributed by atoms with E-state index in [1.165, 1.54) is 37.8 Å². The van der Waals surface area contributed by atoms with Crippen molar-refractivity contribution in [1.82, 2.24) is 15.3 Å².